The van der Waals surface area contributed by atoms with Crippen LogP contribution in [0.25, 0.3) is 0 Å². The lowest BCUT2D eigenvalue weighted by Gasteiger charge is -2.25. The maximum atomic E-state index is 12.2. The number of nitrogens with zero attached hydrogens (tertiary/aromatic N) is 1. The average Bonchev–Trinajstić information content (AvgIpc) is 2.84. The van der Waals surface area contributed by atoms with E-state index in [1.54, 1.807) is 0 Å². The molecule has 86 valence electrons. The van der Waals surface area contributed by atoms with Gasteiger partial charge in [0.15, 0.2) is 0 Å². The molecule has 0 spiro atoms. The van der Waals surface area contributed by atoms with E-state index in [-0.39, 0.29) is 0 Å². The van der Waals surface area contributed by atoms with Gasteiger partial charge in [-0.2, -0.15) is 0 Å². The molecule has 0 aliphatic heterocycles. The van der Waals surface area contributed by atoms with Crippen LogP contribution >= 0.6 is 0 Å². The molecule has 0 heterocycles. The minimum Gasteiger partial charge on any atom is -0.341 e. The Kier molecular flexibility index (Phi) is 3.29. The van der Waals surface area contributed by atoms with E-state index in [0.717, 1.165) is 44.2 Å². The van der Waals surface area contributed by atoms with Crippen LogP contribution in [0.4, 0.5) is 0 Å². The highest BCUT2D eigenvalue weighted by Crippen LogP contribution is 2.54. The number of carbonyl (C=O) groups is 1. The molecule has 0 radical (unpaired) electrons. The highest BCUT2D eigenvalue weighted by atomic mass is 16.2. The molecule has 1 amide bonds. The lowest BCUT2D eigenvalue weighted by molar-refractivity contribution is -0.135. The second kappa shape index (κ2) is 4.52. The van der Waals surface area contributed by atoms with Crippen LogP contribution in [0.2, 0.25) is 0 Å². The molecule has 15 heavy (non-hydrogen) atoms. The first-order valence-electron chi connectivity index (χ1n) is 6.25. The van der Waals surface area contributed by atoms with Crippen LogP contribution in [0.5, 0.6) is 0 Å². The topological polar surface area (TPSA) is 46.3 Å². The summed E-state index contributed by atoms with van der Waals surface area (Å²) in [6.07, 6.45) is 4.71. The number of carbonyl (C=O) groups excluding carboxylic acids is 1. The normalized spacial score (nSPS) is 32.5. The molecular weight excluding hydrogens is 188 g/mol. The lowest BCUT2D eigenvalue weighted by atomic mass is 10.0. The number of fused-ring (bicyclic) bond motifs is 1. The zero-order valence-electron chi connectivity index (χ0n) is 9.61. The molecule has 0 aromatic heterocycles. The van der Waals surface area contributed by atoms with Crippen molar-refractivity contribution in [2.24, 2.45) is 23.5 Å². The Balaban J connectivity index is 1.85. The van der Waals surface area contributed by atoms with Crippen LogP contribution in [0.1, 0.15) is 32.6 Å². The molecule has 3 heteroatoms. The second-order valence-electron chi connectivity index (χ2n) is 5.04. The maximum absolute atomic E-state index is 12.2. The fourth-order valence-electron chi connectivity index (χ4n) is 2.93. The third kappa shape index (κ3) is 2.33. The van der Waals surface area contributed by atoms with E-state index in [9.17, 15) is 4.79 Å². The molecule has 2 atom stereocenters. The van der Waals surface area contributed by atoms with Crippen molar-refractivity contribution in [1.29, 1.82) is 0 Å². The summed E-state index contributed by atoms with van der Waals surface area (Å²) in [6.45, 7) is 4.31. The fraction of sp³-hybridized carbons (Fsp3) is 0.917. The molecule has 0 aromatic carbocycles. The first kappa shape index (κ1) is 10.9. The molecule has 0 bridgehead atoms. The van der Waals surface area contributed by atoms with Crippen LogP contribution in [-0.4, -0.2) is 30.4 Å². The van der Waals surface area contributed by atoms with Gasteiger partial charge in [-0.3, -0.25) is 4.79 Å². The minimum atomic E-state index is 0.326. The summed E-state index contributed by atoms with van der Waals surface area (Å²) in [6, 6.07) is 0. The third-order valence-corrected chi connectivity index (χ3v) is 3.80. The summed E-state index contributed by atoms with van der Waals surface area (Å²) in [5.41, 5.74) is 5.54. The smallest absolute Gasteiger partial charge is 0.225 e. The van der Waals surface area contributed by atoms with Crippen LogP contribution < -0.4 is 5.73 Å². The Bertz CT molecular complexity index is 226. The SMILES string of the molecule is CCCN(CCN)C(=O)C1CC2CC2C1. The predicted molar refractivity (Wildman–Crippen MR) is 60.2 cm³/mol. The standard InChI is InChI=1S/C12H22N2O/c1-2-4-14(5-3-13)12(15)11-7-9-6-10(9)8-11/h9-11H,2-8,13H2,1H3. The Morgan fingerprint density at radius 1 is 1.27 bits per heavy atom. The first-order chi connectivity index (χ1) is 7.26. The van der Waals surface area contributed by atoms with Gasteiger partial charge in [-0.1, -0.05) is 6.92 Å². The van der Waals surface area contributed by atoms with Gasteiger partial charge in [-0.25, -0.2) is 0 Å². The highest BCUT2D eigenvalue weighted by Gasteiger charge is 2.48. The summed E-state index contributed by atoms with van der Waals surface area (Å²) in [7, 11) is 0. The van der Waals surface area contributed by atoms with Gasteiger partial charge in [0.1, 0.15) is 0 Å². The van der Waals surface area contributed by atoms with E-state index in [1.165, 1.54) is 6.42 Å². The summed E-state index contributed by atoms with van der Waals surface area (Å²) in [5.74, 6) is 2.47. The van der Waals surface area contributed by atoms with Gasteiger partial charge in [0.2, 0.25) is 5.91 Å². The molecule has 2 fully saturated rings. The maximum Gasteiger partial charge on any atom is 0.225 e. The molecule has 3 nitrogen and oxygen atoms in total. The Hall–Kier alpha value is -0.570. The van der Waals surface area contributed by atoms with Gasteiger partial charge in [0.25, 0.3) is 0 Å². The monoisotopic (exact) mass is 210 g/mol. The summed E-state index contributed by atoms with van der Waals surface area (Å²) in [5, 5.41) is 0. The molecule has 0 aromatic rings. The number of nitrogens with two attached hydrogens (primary N) is 1. The first-order valence-corrected chi connectivity index (χ1v) is 6.25. The number of hydrogen-bond acceptors (Lipinski definition) is 2. The van der Waals surface area contributed by atoms with E-state index in [1.807, 2.05) is 4.90 Å². The summed E-state index contributed by atoms with van der Waals surface area (Å²) >= 11 is 0. The highest BCUT2D eigenvalue weighted by molar-refractivity contribution is 5.79. The van der Waals surface area contributed by atoms with Crippen molar-refractivity contribution in [1.82, 2.24) is 4.90 Å². The second-order valence-corrected chi connectivity index (χ2v) is 5.04. The number of hydrogen-bond donors (Lipinski definition) is 1. The van der Waals surface area contributed by atoms with E-state index in [4.69, 9.17) is 5.73 Å². The Labute approximate surface area is 92.0 Å². The zero-order valence-corrected chi connectivity index (χ0v) is 9.61. The van der Waals surface area contributed by atoms with Crippen molar-refractivity contribution in [3.8, 4) is 0 Å². The Morgan fingerprint density at radius 3 is 2.47 bits per heavy atom. The molecule has 2 aliphatic carbocycles. The molecule has 2 rings (SSSR count). The molecule has 2 N–H and O–H groups in total. The quantitative estimate of drug-likeness (QED) is 0.742. The van der Waals surface area contributed by atoms with Gasteiger partial charge in [-0.05, 0) is 37.5 Å². The zero-order chi connectivity index (χ0) is 10.8. The van der Waals surface area contributed by atoms with Gasteiger partial charge in [0, 0.05) is 25.6 Å². The van der Waals surface area contributed by atoms with Gasteiger partial charge in [0.05, 0.1) is 0 Å². The van der Waals surface area contributed by atoms with Crippen LogP contribution in [-0.2, 0) is 4.79 Å². The fourth-order valence-corrected chi connectivity index (χ4v) is 2.93. The largest absolute Gasteiger partial charge is 0.341 e. The van der Waals surface area contributed by atoms with Crippen LogP contribution in [0.3, 0.4) is 0 Å². The van der Waals surface area contributed by atoms with Crippen molar-refractivity contribution in [3.05, 3.63) is 0 Å². The van der Waals surface area contributed by atoms with E-state index < -0.39 is 0 Å². The summed E-state index contributed by atoms with van der Waals surface area (Å²) < 4.78 is 0. The third-order valence-electron chi connectivity index (χ3n) is 3.80. The predicted octanol–water partition coefficient (Wildman–Crippen LogP) is 1.23. The average molecular weight is 210 g/mol. The van der Waals surface area contributed by atoms with Crippen molar-refractivity contribution in [3.63, 3.8) is 0 Å². The van der Waals surface area contributed by atoms with Crippen LogP contribution in [0.15, 0.2) is 0 Å². The van der Waals surface area contributed by atoms with Crippen LogP contribution in [0, 0.1) is 17.8 Å². The number of rotatable bonds is 5. The van der Waals surface area contributed by atoms with Crippen molar-refractivity contribution < 1.29 is 4.79 Å². The van der Waals surface area contributed by atoms with Crippen molar-refractivity contribution in [2.75, 3.05) is 19.6 Å². The van der Waals surface area contributed by atoms with Gasteiger partial charge < -0.3 is 10.6 Å². The van der Waals surface area contributed by atoms with E-state index in [0.29, 0.717) is 18.4 Å². The molecule has 2 unspecified atom stereocenters. The molecular formula is C12H22N2O. The molecule has 0 saturated heterocycles. The van der Waals surface area contributed by atoms with Gasteiger partial charge in [-0.15, -0.1) is 0 Å². The summed E-state index contributed by atoms with van der Waals surface area (Å²) in [4.78, 5) is 14.1. The lowest BCUT2D eigenvalue weighted by Crippen LogP contribution is -2.39. The van der Waals surface area contributed by atoms with Crippen molar-refractivity contribution >= 4 is 5.91 Å². The number of amides is 1. The molecule has 2 aliphatic rings. The Morgan fingerprint density at radius 2 is 1.93 bits per heavy atom. The molecule has 2 saturated carbocycles. The van der Waals surface area contributed by atoms with E-state index >= 15 is 0 Å². The van der Waals surface area contributed by atoms with Gasteiger partial charge >= 0.3 is 0 Å². The minimum absolute atomic E-state index is 0.326. The van der Waals surface area contributed by atoms with Crippen molar-refractivity contribution in [2.45, 2.75) is 32.6 Å². The van der Waals surface area contributed by atoms with E-state index in [2.05, 4.69) is 6.92 Å².